The number of carbonyl (C=O) groups is 1. The van der Waals surface area contributed by atoms with Crippen molar-refractivity contribution < 1.29 is 14.3 Å². The maximum atomic E-state index is 11.9. The number of hydrogen-bond acceptors (Lipinski definition) is 4. The summed E-state index contributed by atoms with van der Waals surface area (Å²) in [4.78, 5) is 13.7. The van der Waals surface area contributed by atoms with Crippen LogP contribution in [0.15, 0.2) is 0 Å². The summed E-state index contributed by atoms with van der Waals surface area (Å²) >= 11 is 0. The zero-order valence-corrected chi connectivity index (χ0v) is 10.5. The van der Waals surface area contributed by atoms with Gasteiger partial charge in [0.05, 0.1) is 18.8 Å². The van der Waals surface area contributed by atoms with Gasteiger partial charge in [0.1, 0.15) is 6.61 Å². The lowest BCUT2D eigenvalue weighted by Gasteiger charge is -2.35. The quantitative estimate of drug-likeness (QED) is 0.757. The summed E-state index contributed by atoms with van der Waals surface area (Å²) in [5.74, 6) is 0.0834. The lowest BCUT2D eigenvalue weighted by molar-refractivity contribution is -0.147. The van der Waals surface area contributed by atoms with Crippen LogP contribution >= 0.6 is 0 Å². The van der Waals surface area contributed by atoms with Crippen molar-refractivity contribution >= 4 is 5.91 Å². The van der Waals surface area contributed by atoms with Crippen molar-refractivity contribution in [3.63, 3.8) is 0 Å². The van der Waals surface area contributed by atoms with Crippen molar-refractivity contribution in [3.05, 3.63) is 0 Å². The third-order valence-electron chi connectivity index (χ3n) is 3.47. The minimum Gasteiger partial charge on any atom is -0.378 e. The van der Waals surface area contributed by atoms with E-state index in [2.05, 4.69) is 12.2 Å². The predicted molar refractivity (Wildman–Crippen MR) is 63.9 cm³/mol. The van der Waals surface area contributed by atoms with E-state index in [1.165, 1.54) is 0 Å². The van der Waals surface area contributed by atoms with Crippen molar-refractivity contribution in [1.82, 2.24) is 10.2 Å². The van der Waals surface area contributed by atoms with Crippen LogP contribution in [0.3, 0.4) is 0 Å². The molecule has 0 bridgehead atoms. The standard InChI is InChI=1S/C12H22N2O3/c1-12(3-2-4-13-10-12)17-9-11(15)14-5-7-16-8-6-14/h13H,2-10H2,1H3. The van der Waals surface area contributed by atoms with Crippen LogP contribution in [-0.2, 0) is 14.3 Å². The third-order valence-corrected chi connectivity index (χ3v) is 3.47. The Balaban J connectivity index is 1.74. The van der Waals surface area contributed by atoms with Crippen LogP contribution in [0, 0.1) is 0 Å². The van der Waals surface area contributed by atoms with E-state index < -0.39 is 0 Å². The van der Waals surface area contributed by atoms with Gasteiger partial charge in [-0.15, -0.1) is 0 Å². The van der Waals surface area contributed by atoms with Crippen LogP contribution < -0.4 is 5.32 Å². The van der Waals surface area contributed by atoms with Gasteiger partial charge in [0.25, 0.3) is 0 Å². The Morgan fingerprint density at radius 2 is 2.24 bits per heavy atom. The highest BCUT2D eigenvalue weighted by atomic mass is 16.5. The predicted octanol–water partition coefficient (Wildman–Crippen LogP) is 0.00390. The van der Waals surface area contributed by atoms with Crippen molar-refractivity contribution in [3.8, 4) is 0 Å². The fraction of sp³-hybridized carbons (Fsp3) is 0.917. The maximum absolute atomic E-state index is 11.9. The number of amides is 1. The van der Waals surface area contributed by atoms with E-state index >= 15 is 0 Å². The van der Waals surface area contributed by atoms with Gasteiger partial charge in [0.15, 0.2) is 0 Å². The van der Waals surface area contributed by atoms with Crippen LogP contribution in [0.2, 0.25) is 0 Å². The Bertz CT molecular complexity index is 258. The molecule has 1 amide bonds. The molecule has 98 valence electrons. The molecule has 1 N–H and O–H groups in total. The molecule has 5 nitrogen and oxygen atoms in total. The first-order valence-corrected chi connectivity index (χ1v) is 6.40. The number of nitrogens with zero attached hydrogens (tertiary/aromatic N) is 1. The second-order valence-electron chi connectivity index (χ2n) is 5.01. The molecule has 17 heavy (non-hydrogen) atoms. The number of morpholine rings is 1. The van der Waals surface area contributed by atoms with Gasteiger partial charge in [-0.3, -0.25) is 4.79 Å². The van der Waals surface area contributed by atoms with E-state index in [9.17, 15) is 4.79 Å². The molecule has 0 aromatic carbocycles. The van der Waals surface area contributed by atoms with Crippen molar-refractivity contribution in [2.24, 2.45) is 0 Å². The number of carbonyl (C=O) groups excluding carboxylic acids is 1. The number of piperidine rings is 1. The molecule has 0 aliphatic carbocycles. The second kappa shape index (κ2) is 5.80. The first-order valence-electron chi connectivity index (χ1n) is 6.40. The Kier molecular flexibility index (Phi) is 4.36. The van der Waals surface area contributed by atoms with Crippen molar-refractivity contribution in [2.45, 2.75) is 25.4 Å². The monoisotopic (exact) mass is 242 g/mol. The lowest BCUT2D eigenvalue weighted by atomic mass is 9.96. The van der Waals surface area contributed by atoms with Gasteiger partial charge >= 0.3 is 0 Å². The maximum Gasteiger partial charge on any atom is 0.248 e. The molecule has 2 rings (SSSR count). The minimum atomic E-state index is -0.180. The molecule has 0 saturated carbocycles. The van der Waals surface area contributed by atoms with Gasteiger partial charge in [0.2, 0.25) is 5.91 Å². The summed E-state index contributed by atoms with van der Waals surface area (Å²) in [6, 6.07) is 0. The smallest absolute Gasteiger partial charge is 0.248 e. The number of ether oxygens (including phenoxy) is 2. The van der Waals surface area contributed by atoms with Gasteiger partial charge in [-0.2, -0.15) is 0 Å². The number of rotatable bonds is 3. The number of hydrogen-bond donors (Lipinski definition) is 1. The molecule has 1 atom stereocenters. The largest absolute Gasteiger partial charge is 0.378 e. The zero-order valence-electron chi connectivity index (χ0n) is 10.5. The Morgan fingerprint density at radius 3 is 2.88 bits per heavy atom. The minimum absolute atomic E-state index is 0.0834. The van der Waals surface area contributed by atoms with E-state index in [-0.39, 0.29) is 18.1 Å². The van der Waals surface area contributed by atoms with Gasteiger partial charge in [-0.1, -0.05) is 0 Å². The molecule has 2 fully saturated rings. The topological polar surface area (TPSA) is 50.8 Å². The third kappa shape index (κ3) is 3.66. The Morgan fingerprint density at radius 1 is 1.47 bits per heavy atom. The van der Waals surface area contributed by atoms with Crippen molar-refractivity contribution in [1.29, 1.82) is 0 Å². The fourth-order valence-corrected chi connectivity index (χ4v) is 2.29. The molecule has 0 aromatic rings. The molecular formula is C12H22N2O3. The molecule has 0 spiro atoms. The number of nitrogens with one attached hydrogen (secondary N) is 1. The Labute approximate surface area is 102 Å². The van der Waals surface area contributed by atoms with E-state index in [1.807, 2.05) is 4.90 Å². The van der Waals surface area contributed by atoms with Crippen LogP contribution in [-0.4, -0.2) is 62.4 Å². The van der Waals surface area contributed by atoms with Crippen LogP contribution in [0.1, 0.15) is 19.8 Å². The molecule has 2 heterocycles. The van der Waals surface area contributed by atoms with E-state index in [0.29, 0.717) is 26.3 Å². The lowest BCUT2D eigenvalue weighted by Crippen LogP contribution is -2.48. The Hall–Kier alpha value is -0.650. The molecule has 0 radical (unpaired) electrons. The molecular weight excluding hydrogens is 220 g/mol. The molecule has 2 aliphatic rings. The molecule has 1 unspecified atom stereocenters. The summed E-state index contributed by atoms with van der Waals surface area (Å²) in [5.41, 5.74) is -0.180. The SMILES string of the molecule is CC1(OCC(=O)N2CCOCC2)CCCNC1. The molecule has 2 aliphatic heterocycles. The highest BCUT2D eigenvalue weighted by molar-refractivity contribution is 5.77. The van der Waals surface area contributed by atoms with Gasteiger partial charge in [0, 0.05) is 19.6 Å². The second-order valence-corrected chi connectivity index (χ2v) is 5.01. The molecule has 2 saturated heterocycles. The summed E-state index contributed by atoms with van der Waals surface area (Å²) in [6.45, 7) is 6.83. The van der Waals surface area contributed by atoms with Gasteiger partial charge < -0.3 is 19.7 Å². The average Bonchev–Trinajstić information content (AvgIpc) is 2.38. The van der Waals surface area contributed by atoms with E-state index in [0.717, 1.165) is 25.9 Å². The average molecular weight is 242 g/mol. The van der Waals surface area contributed by atoms with Crippen LogP contribution in [0.5, 0.6) is 0 Å². The van der Waals surface area contributed by atoms with Crippen LogP contribution in [0.4, 0.5) is 0 Å². The van der Waals surface area contributed by atoms with Crippen LogP contribution in [0.25, 0.3) is 0 Å². The van der Waals surface area contributed by atoms with Gasteiger partial charge in [-0.25, -0.2) is 0 Å². The first kappa shape index (κ1) is 12.8. The summed E-state index contributed by atoms with van der Waals surface area (Å²) < 4.78 is 11.0. The van der Waals surface area contributed by atoms with Crippen molar-refractivity contribution in [2.75, 3.05) is 46.0 Å². The van der Waals surface area contributed by atoms with Gasteiger partial charge in [-0.05, 0) is 26.3 Å². The molecule has 5 heteroatoms. The van der Waals surface area contributed by atoms with E-state index in [1.54, 1.807) is 0 Å². The summed E-state index contributed by atoms with van der Waals surface area (Å²) in [5, 5.41) is 3.31. The summed E-state index contributed by atoms with van der Waals surface area (Å²) in [6.07, 6.45) is 2.14. The normalized spacial score (nSPS) is 30.3. The fourth-order valence-electron chi connectivity index (χ4n) is 2.29. The summed E-state index contributed by atoms with van der Waals surface area (Å²) in [7, 11) is 0. The van der Waals surface area contributed by atoms with E-state index in [4.69, 9.17) is 9.47 Å². The zero-order chi connectivity index (χ0) is 12.1. The highest BCUT2D eigenvalue weighted by Crippen LogP contribution is 2.19. The first-order chi connectivity index (χ1) is 8.20. The highest BCUT2D eigenvalue weighted by Gasteiger charge is 2.29. The molecule has 0 aromatic heterocycles.